The molecular weight excluding hydrogens is 158 g/mol. The van der Waals surface area contributed by atoms with Gasteiger partial charge in [-0.3, -0.25) is 0 Å². The van der Waals surface area contributed by atoms with Crippen molar-refractivity contribution in [3.63, 3.8) is 0 Å². The summed E-state index contributed by atoms with van der Waals surface area (Å²) in [5.74, 6) is 0.0965. The van der Waals surface area contributed by atoms with Crippen molar-refractivity contribution >= 4 is 0 Å². The normalized spacial score (nSPS) is 12.4. The summed E-state index contributed by atoms with van der Waals surface area (Å²) in [6.07, 6.45) is 0.746. The summed E-state index contributed by atoms with van der Waals surface area (Å²) in [4.78, 5) is 3.66. The van der Waals surface area contributed by atoms with Crippen molar-refractivity contribution in [1.82, 2.24) is 14.8 Å². The second kappa shape index (κ2) is 3.80. The number of hydrogen-bond donors (Lipinski definition) is 2. The van der Waals surface area contributed by atoms with Gasteiger partial charge in [-0.15, -0.1) is 5.10 Å². The largest absolute Gasteiger partial charge is 0.390 e. The van der Waals surface area contributed by atoms with E-state index in [1.807, 2.05) is 0 Å². The highest BCUT2D eigenvalue weighted by Gasteiger charge is 2.04. The zero-order valence-electron chi connectivity index (χ0n) is 6.38. The topological polar surface area (TPSA) is 101 Å². The van der Waals surface area contributed by atoms with Crippen LogP contribution in [0.25, 0.3) is 0 Å². The molecule has 12 heavy (non-hydrogen) atoms. The van der Waals surface area contributed by atoms with Crippen molar-refractivity contribution in [2.45, 2.75) is 12.6 Å². The van der Waals surface area contributed by atoms with E-state index in [1.54, 1.807) is 6.07 Å². The van der Waals surface area contributed by atoms with Crippen molar-refractivity contribution < 1.29 is 5.11 Å². The Hall–Kier alpha value is -1.45. The number of aliphatic hydroxyl groups is 1. The molecule has 0 aromatic carbocycles. The molecule has 0 amide bonds. The molecule has 0 saturated carbocycles. The highest BCUT2D eigenvalue weighted by atomic mass is 16.3. The first-order chi connectivity index (χ1) is 5.76. The van der Waals surface area contributed by atoms with Crippen molar-refractivity contribution in [2.24, 2.45) is 5.73 Å². The molecule has 1 atom stereocenters. The van der Waals surface area contributed by atoms with E-state index >= 15 is 0 Å². The Morgan fingerprint density at radius 1 is 1.83 bits per heavy atom. The highest BCUT2D eigenvalue weighted by molar-refractivity contribution is 5.05. The lowest BCUT2D eigenvalue weighted by molar-refractivity contribution is 0.157. The van der Waals surface area contributed by atoms with E-state index in [0.29, 0.717) is 0 Å². The Kier molecular flexibility index (Phi) is 2.74. The number of rotatable bonds is 3. The van der Waals surface area contributed by atoms with Gasteiger partial charge in [0.2, 0.25) is 0 Å². The summed E-state index contributed by atoms with van der Waals surface area (Å²) >= 11 is 0. The molecule has 1 aromatic rings. The minimum Gasteiger partial charge on any atom is -0.390 e. The van der Waals surface area contributed by atoms with Crippen LogP contribution in [0.4, 0.5) is 0 Å². The Labute approximate surface area is 69.2 Å². The minimum atomic E-state index is -0.641. The molecule has 0 aliphatic carbocycles. The number of nitrogens with zero attached hydrogens (tertiary/aromatic N) is 4. The summed E-state index contributed by atoms with van der Waals surface area (Å²) in [5.41, 5.74) is 5.18. The third-order valence-corrected chi connectivity index (χ3v) is 1.31. The molecule has 64 valence electrons. The molecule has 0 fully saturated rings. The maximum atomic E-state index is 9.10. The van der Waals surface area contributed by atoms with Gasteiger partial charge in [-0.1, -0.05) is 0 Å². The van der Waals surface area contributed by atoms with Crippen LogP contribution in [0.1, 0.15) is 5.82 Å². The average molecular weight is 167 g/mol. The van der Waals surface area contributed by atoms with E-state index in [0.717, 1.165) is 0 Å². The first-order valence-corrected chi connectivity index (χ1v) is 3.44. The van der Waals surface area contributed by atoms with Gasteiger partial charge < -0.3 is 10.8 Å². The molecule has 0 spiro atoms. The minimum absolute atomic E-state index is 0.0965. The molecule has 1 rings (SSSR count). The van der Waals surface area contributed by atoms with Gasteiger partial charge in [-0.2, -0.15) is 5.26 Å². The van der Waals surface area contributed by atoms with Crippen LogP contribution in [0.5, 0.6) is 0 Å². The molecule has 1 unspecified atom stereocenters. The van der Waals surface area contributed by atoms with Crippen LogP contribution in [0.3, 0.4) is 0 Å². The van der Waals surface area contributed by atoms with Crippen LogP contribution in [0.2, 0.25) is 0 Å². The number of nitriles is 1. The lowest BCUT2D eigenvalue weighted by atomic mass is 10.4. The maximum absolute atomic E-state index is 9.10. The van der Waals surface area contributed by atoms with Gasteiger partial charge in [-0.05, 0) is 0 Å². The lowest BCUT2D eigenvalue weighted by Gasteiger charge is -2.05. The monoisotopic (exact) mass is 167 g/mol. The van der Waals surface area contributed by atoms with Crippen LogP contribution >= 0.6 is 0 Å². The SMILES string of the molecule is N#Cc1ncn(CC(O)CN)n1. The fourth-order valence-corrected chi connectivity index (χ4v) is 0.724. The fraction of sp³-hybridized carbons (Fsp3) is 0.500. The molecule has 0 aliphatic heterocycles. The quantitative estimate of drug-likeness (QED) is 0.568. The summed E-state index contributed by atoms with van der Waals surface area (Å²) in [6, 6.07) is 1.78. The van der Waals surface area contributed by atoms with Gasteiger partial charge in [0.1, 0.15) is 12.4 Å². The van der Waals surface area contributed by atoms with Gasteiger partial charge >= 0.3 is 0 Å². The summed E-state index contributed by atoms with van der Waals surface area (Å²) in [6.45, 7) is 0.437. The first kappa shape index (κ1) is 8.64. The van der Waals surface area contributed by atoms with Crippen molar-refractivity contribution in [3.8, 4) is 6.07 Å². The fourth-order valence-electron chi connectivity index (χ4n) is 0.724. The van der Waals surface area contributed by atoms with Crippen LogP contribution in [-0.2, 0) is 6.54 Å². The number of aliphatic hydroxyl groups excluding tert-OH is 1. The molecule has 0 aliphatic rings. The molecule has 0 bridgehead atoms. The van der Waals surface area contributed by atoms with E-state index < -0.39 is 6.10 Å². The van der Waals surface area contributed by atoms with E-state index in [9.17, 15) is 0 Å². The van der Waals surface area contributed by atoms with E-state index in [1.165, 1.54) is 11.0 Å². The summed E-state index contributed by atoms with van der Waals surface area (Å²) < 4.78 is 1.38. The Morgan fingerprint density at radius 2 is 2.58 bits per heavy atom. The first-order valence-electron chi connectivity index (χ1n) is 3.44. The molecule has 6 heteroatoms. The Balaban J connectivity index is 2.59. The van der Waals surface area contributed by atoms with Gasteiger partial charge in [-0.25, -0.2) is 9.67 Å². The molecular formula is C6H9N5O. The molecule has 0 saturated heterocycles. The zero-order valence-corrected chi connectivity index (χ0v) is 6.38. The number of aromatic nitrogens is 3. The van der Waals surface area contributed by atoms with E-state index in [4.69, 9.17) is 16.1 Å². The smallest absolute Gasteiger partial charge is 0.252 e. The predicted octanol–water partition coefficient (Wildman–Crippen LogP) is -1.53. The zero-order chi connectivity index (χ0) is 8.97. The second-order valence-corrected chi connectivity index (χ2v) is 2.29. The molecule has 6 nitrogen and oxygen atoms in total. The average Bonchev–Trinajstić information content (AvgIpc) is 2.52. The summed E-state index contributed by atoms with van der Waals surface area (Å²) in [5, 5.41) is 21.2. The van der Waals surface area contributed by atoms with Gasteiger partial charge in [0, 0.05) is 6.54 Å². The van der Waals surface area contributed by atoms with Gasteiger partial charge in [0.25, 0.3) is 5.82 Å². The maximum Gasteiger partial charge on any atom is 0.252 e. The van der Waals surface area contributed by atoms with E-state index in [2.05, 4.69) is 10.1 Å². The van der Waals surface area contributed by atoms with Crippen molar-refractivity contribution in [1.29, 1.82) is 5.26 Å². The van der Waals surface area contributed by atoms with Crippen LogP contribution < -0.4 is 5.73 Å². The van der Waals surface area contributed by atoms with Gasteiger partial charge in [0.15, 0.2) is 0 Å². The summed E-state index contributed by atoms with van der Waals surface area (Å²) in [7, 11) is 0. The highest BCUT2D eigenvalue weighted by Crippen LogP contribution is 1.90. The van der Waals surface area contributed by atoms with Crippen molar-refractivity contribution in [2.75, 3.05) is 6.54 Å². The van der Waals surface area contributed by atoms with Crippen molar-refractivity contribution in [3.05, 3.63) is 12.2 Å². The number of hydrogen-bond acceptors (Lipinski definition) is 5. The molecule has 0 radical (unpaired) electrons. The second-order valence-electron chi connectivity index (χ2n) is 2.29. The lowest BCUT2D eigenvalue weighted by Crippen LogP contribution is -2.25. The Bertz CT molecular complexity index is 288. The van der Waals surface area contributed by atoms with Crippen LogP contribution in [0, 0.1) is 11.3 Å². The third kappa shape index (κ3) is 2.02. The molecule has 3 N–H and O–H groups in total. The number of nitrogens with two attached hydrogens (primary N) is 1. The van der Waals surface area contributed by atoms with Crippen LogP contribution in [-0.4, -0.2) is 32.5 Å². The molecule has 1 heterocycles. The molecule has 1 aromatic heterocycles. The third-order valence-electron chi connectivity index (χ3n) is 1.31. The standard InChI is InChI=1S/C6H9N5O/c7-1-5(12)3-11-4-9-6(2-8)10-11/h4-5,12H,1,3,7H2. The predicted molar refractivity (Wildman–Crippen MR) is 39.8 cm³/mol. The van der Waals surface area contributed by atoms with E-state index in [-0.39, 0.29) is 18.9 Å². The van der Waals surface area contributed by atoms with Crippen LogP contribution in [0.15, 0.2) is 6.33 Å². The van der Waals surface area contributed by atoms with Gasteiger partial charge in [0.05, 0.1) is 12.6 Å². The Morgan fingerprint density at radius 3 is 3.08 bits per heavy atom.